The van der Waals surface area contributed by atoms with Gasteiger partial charge in [-0.3, -0.25) is 0 Å². The van der Waals surface area contributed by atoms with Gasteiger partial charge in [-0.2, -0.15) is 0 Å². The maximum Gasteiger partial charge on any atom is 0.0434 e. The van der Waals surface area contributed by atoms with Crippen LogP contribution < -0.4 is 0 Å². The number of fused-ring (bicyclic) bond motifs is 11. The molecule has 2 aromatic heterocycles. The lowest BCUT2D eigenvalue weighted by Crippen LogP contribution is -1.92. The van der Waals surface area contributed by atoms with Gasteiger partial charge >= 0.3 is 0 Å². The van der Waals surface area contributed by atoms with E-state index in [-0.39, 0.29) is 0 Å². The van der Waals surface area contributed by atoms with Crippen LogP contribution in [0.1, 0.15) is 0 Å². The zero-order valence-electron chi connectivity index (χ0n) is 29.1. The van der Waals surface area contributed by atoms with Crippen molar-refractivity contribution >= 4 is 106 Å². The summed E-state index contributed by atoms with van der Waals surface area (Å²) in [5.74, 6) is 0. The van der Waals surface area contributed by atoms with Crippen molar-refractivity contribution < 1.29 is 0 Å². The Hall–Kier alpha value is -6.32. The number of rotatable bonds is 3. The van der Waals surface area contributed by atoms with E-state index in [4.69, 9.17) is 0 Å². The third-order valence-electron chi connectivity index (χ3n) is 11.4. The molecule has 0 amide bonds. The smallest absolute Gasteiger partial charge is 0.0434 e. The summed E-state index contributed by atoms with van der Waals surface area (Å²) in [7, 11) is 0. The minimum absolute atomic E-state index is 1.23. The van der Waals surface area contributed by atoms with E-state index in [0.717, 1.165) is 0 Å². The van der Waals surface area contributed by atoms with Gasteiger partial charge in [0, 0.05) is 45.7 Å². The van der Waals surface area contributed by atoms with Crippen LogP contribution in [0.5, 0.6) is 0 Å². The van der Waals surface area contributed by atoms with Crippen molar-refractivity contribution in [3.8, 4) is 33.4 Å². The molecule has 0 N–H and O–H groups in total. The lowest BCUT2D eigenvalue weighted by atomic mass is 9.84. The standard InChI is InChI=1S/C52H30S2/c1-2-17-34-31(13-1)14-12-25-37(34)51-40-22-6-4-20-38(40)50(39-21-5-7-23-41(39)51)33-16-11-15-32(27-33)43-28-46-45-30-48-44(36-19-9-10-26-47(36)53-48)29-49(45)54-52(46)42-24-8-3-18-35(42)43/h1-30H. The maximum atomic E-state index is 2.47. The fourth-order valence-electron chi connectivity index (χ4n) is 9.07. The SMILES string of the molecule is c1cc(-c2c3ccccc3c(-c3cccc4ccccc34)c3ccccc23)cc(-c2cc3c4cc5sc6ccccc6c5cc4sc3c3ccccc23)c1. The lowest BCUT2D eigenvalue weighted by molar-refractivity contribution is 1.64. The highest BCUT2D eigenvalue weighted by molar-refractivity contribution is 7.28. The normalized spacial score (nSPS) is 12.1. The first kappa shape index (κ1) is 30.2. The zero-order chi connectivity index (χ0) is 35.3. The fraction of sp³-hybridized carbons (Fsp3) is 0. The van der Waals surface area contributed by atoms with E-state index in [2.05, 4.69) is 182 Å². The van der Waals surface area contributed by atoms with Crippen molar-refractivity contribution in [1.29, 1.82) is 0 Å². The largest absolute Gasteiger partial charge is 0.135 e. The van der Waals surface area contributed by atoms with Gasteiger partial charge < -0.3 is 0 Å². The molecule has 0 aliphatic heterocycles. The quantitative estimate of drug-likeness (QED) is 0.160. The van der Waals surface area contributed by atoms with E-state index in [0.29, 0.717) is 0 Å². The minimum Gasteiger partial charge on any atom is -0.135 e. The molecule has 0 fully saturated rings. The number of thiophene rings is 2. The third kappa shape index (κ3) is 4.36. The molecule has 10 aromatic carbocycles. The molecule has 54 heavy (non-hydrogen) atoms. The van der Waals surface area contributed by atoms with Crippen molar-refractivity contribution in [2.75, 3.05) is 0 Å². The van der Waals surface area contributed by atoms with Gasteiger partial charge in [0.1, 0.15) is 0 Å². The first-order valence-electron chi connectivity index (χ1n) is 18.5. The van der Waals surface area contributed by atoms with Gasteiger partial charge in [-0.05, 0) is 101 Å². The van der Waals surface area contributed by atoms with Gasteiger partial charge in [0.2, 0.25) is 0 Å². The zero-order valence-corrected chi connectivity index (χ0v) is 30.8. The monoisotopic (exact) mass is 718 g/mol. The first-order valence-corrected chi connectivity index (χ1v) is 20.1. The van der Waals surface area contributed by atoms with Crippen LogP contribution in [0.25, 0.3) is 117 Å². The van der Waals surface area contributed by atoms with Crippen LogP contribution in [0.2, 0.25) is 0 Å². The van der Waals surface area contributed by atoms with Crippen LogP contribution in [0.3, 0.4) is 0 Å². The lowest BCUT2D eigenvalue weighted by Gasteiger charge is -2.19. The molecule has 0 radical (unpaired) electrons. The van der Waals surface area contributed by atoms with Crippen LogP contribution >= 0.6 is 22.7 Å². The van der Waals surface area contributed by atoms with E-state index < -0.39 is 0 Å². The molecule has 2 heterocycles. The van der Waals surface area contributed by atoms with Gasteiger partial charge in [-0.1, -0.05) is 152 Å². The van der Waals surface area contributed by atoms with Crippen LogP contribution in [0, 0.1) is 0 Å². The number of benzene rings is 10. The molecule has 0 unspecified atom stereocenters. The molecule has 0 bridgehead atoms. The minimum atomic E-state index is 1.23. The van der Waals surface area contributed by atoms with E-state index in [1.165, 1.54) is 117 Å². The molecule has 0 saturated heterocycles. The Morgan fingerprint density at radius 1 is 0.259 bits per heavy atom. The molecule has 0 saturated carbocycles. The van der Waals surface area contributed by atoms with Crippen molar-refractivity contribution in [3.63, 3.8) is 0 Å². The summed E-state index contributed by atoms with van der Waals surface area (Å²) in [4.78, 5) is 0. The second kappa shape index (κ2) is 11.6. The Morgan fingerprint density at radius 2 is 0.796 bits per heavy atom. The average molecular weight is 719 g/mol. The number of hydrogen-bond donors (Lipinski definition) is 0. The molecule has 0 aliphatic carbocycles. The molecular weight excluding hydrogens is 689 g/mol. The summed E-state index contributed by atoms with van der Waals surface area (Å²) in [6.07, 6.45) is 0. The maximum absolute atomic E-state index is 2.47. The van der Waals surface area contributed by atoms with Gasteiger partial charge in [-0.25, -0.2) is 0 Å². The van der Waals surface area contributed by atoms with E-state index >= 15 is 0 Å². The first-order chi connectivity index (χ1) is 26.8. The van der Waals surface area contributed by atoms with Gasteiger partial charge in [0.15, 0.2) is 0 Å². The highest BCUT2D eigenvalue weighted by Gasteiger charge is 2.20. The Morgan fingerprint density at radius 3 is 1.56 bits per heavy atom. The van der Waals surface area contributed by atoms with Crippen molar-refractivity contribution in [1.82, 2.24) is 0 Å². The van der Waals surface area contributed by atoms with Crippen LogP contribution in [-0.2, 0) is 0 Å². The fourth-order valence-corrected chi connectivity index (χ4v) is 11.4. The topological polar surface area (TPSA) is 0 Å². The van der Waals surface area contributed by atoms with Crippen LogP contribution in [0.15, 0.2) is 182 Å². The Balaban J connectivity index is 1.11. The van der Waals surface area contributed by atoms with Crippen molar-refractivity contribution in [3.05, 3.63) is 182 Å². The molecule has 0 atom stereocenters. The Bertz CT molecular complexity index is 3440. The Labute approximate surface area is 319 Å². The van der Waals surface area contributed by atoms with Crippen molar-refractivity contribution in [2.24, 2.45) is 0 Å². The molecule has 0 spiro atoms. The molecule has 12 rings (SSSR count). The van der Waals surface area contributed by atoms with Crippen LogP contribution in [0.4, 0.5) is 0 Å². The van der Waals surface area contributed by atoms with E-state index in [1.54, 1.807) is 0 Å². The summed E-state index contributed by atoms with van der Waals surface area (Å²) in [5, 5.41) is 15.6. The Kier molecular flexibility index (Phi) is 6.48. The summed E-state index contributed by atoms with van der Waals surface area (Å²) in [6, 6.07) is 67.9. The third-order valence-corrected chi connectivity index (χ3v) is 13.8. The van der Waals surface area contributed by atoms with Gasteiger partial charge in [-0.15, -0.1) is 22.7 Å². The predicted octanol–water partition coefficient (Wildman–Crippen LogP) is 16.0. The van der Waals surface area contributed by atoms with Crippen LogP contribution in [-0.4, -0.2) is 0 Å². The highest BCUT2D eigenvalue weighted by atomic mass is 32.1. The summed E-state index contributed by atoms with van der Waals surface area (Å²) in [5.41, 5.74) is 7.60. The van der Waals surface area contributed by atoms with E-state index in [1.807, 2.05) is 22.7 Å². The molecule has 0 nitrogen and oxygen atoms in total. The van der Waals surface area contributed by atoms with Gasteiger partial charge in [0.25, 0.3) is 0 Å². The number of hydrogen-bond acceptors (Lipinski definition) is 2. The second-order valence-electron chi connectivity index (χ2n) is 14.3. The van der Waals surface area contributed by atoms with E-state index in [9.17, 15) is 0 Å². The molecule has 2 heteroatoms. The van der Waals surface area contributed by atoms with Crippen molar-refractivity contribution in [2.45, 2.75) is 0 Å². The molecular formula is C52H30S2. The summed E-state index contributed by atoms with van der Waals surface area (Å²) >= 11 is 3.83. The summed E-state index contributed by atoms with van der Waals surface area (Å²) < 4.78 is 5.42. The highest BCUT2D eigenvalue weighted by Crippen LogP contribution is 2.48. The second-order valence-corrected chi connectivity index (χ2v) is 16.5. The molecule has 0 aliphatic rings. The molecule has 12 aromatic rings. The van der Waals surface area contributed by atoms with Gasteiger partial charge in [0.05, 0.1) is 0 Å². The predicted molar refractivity (Wildman–Crippen MR) is 239 cm³/mol. The summed E-state index contributed by atoms with van der Waals surface area (Å²) in [6.45, 7) is 0. The average Bonchev–Trinajstić information content (AvgIpc) is 3.79. The molecule has 250 valence electrons.